The maximum absolute atomic E-state index is 12.6. The summed E-state index contributed by atoms with van der Waals surface area (Å²) in [4.78, 5) is 11.6. The van der Waals surface area contributed by atoms with Gasteiger partial charge in [-0.3, -0.25) is 4.79 Å². The number of halogens is 3. The van der Waals surface area contributed by atoms with Gasteiger partial charge >= 0.3 is 12.1 Å². The zero-order valence-corrected chi connectivity index (χ0v) is 10.4. The Kier molecular flexibility index (Phi) is 4.38. The fraction of sp³-hybridized carbons (Fsp3) is 0.462. The number of rotatable bonds is 3. The van der Waals surface area contributed by atoms with Crippen molar-refractivity contribution in [1.29, 1.82) is 0 Å². The Hall–Kier alpha value is -1.52. The second kappa shape index (κ2) is 5.42. The molecule has 0 radical (unpaired) electrons. The third-order valence-electron chi connectivity index (χ3n) is 2.69. The van der Waals surface area contributed by atoms with Crippen LogP contribution in [0.3, 0.4) is 0 Å². The molecule has 1 rings (SSSR count). The zero-order valence-electron chi connectivity index (χ0n) is 10.4. The van der Waals surface area contributed by atoms with Crippen molar-refractivity contribution in [2.75, 3.05) is 7.11 Å². The van der Waals surface area contributed by atoms with E-state index in [4.69, 9.17) is 0 Å². The van der Waals surface area contributed by atoms with Crippen LogP contribution >= 0.6 is 0 Å². The van der Waals surface area contributed by atoms with Gasteiger partial charge in [-0.1, -0.05) is 32.0 Å². The highest BCUT2D eigenvalue weighted by Gasteiger charge is 2.32. The van der Waals surface area contributed by atoms with E-state index in [-0.39, 0.29) is 5.92 Å². The monoisotopic (exact) mass is 260 g/mol. The van der Waals surface area contributed by atoms with Crippen LogP contribution < -0.4 is 0 Å². The minimum Gasteiger partial charge on any atom is -0.469 e. The van der Waals surface area contributed by atoms with Crippen molar-refractivity contribution in [3.8, 4) is 0 Å². The molecule has 5 heteroatoms. The van der Waals surface area contributed by atoms with Crippen molar-refractivity contribution >= 4 is 5.97 Å². The summed E-state index contributed by atoms with van der Waals surface area (Å²) in [6.07, 6.45) is -4.41. The molecule has 18 heavy (non-hydrogen) atoms. The highest BCUT2D eigenvalue weighted by molar-refractivity contribution is 5.78. The standard InChI is InChI=1S/C13H15F3O2/c1-8(2)11(12(17)18-3)9-5-4-6-10(7-9)13(14,15)16/h4-8,11H,1-3H3. The fourth-order valence-corrected chi connectivity index (χ4v) is 1.83. The molecule has 0 spiro atoms. The highest BCUT2D eigenvalue weighted by Crippen LogP contribution is 2.33. The number of hydrogen-bond donors (Lipinski definition) is 0. The molecule has 0 aliphatic carbocycles. The quantitative estimate of drug-likeness (QED) is 0.776. The van der Waals surface area contributed by atoms with E-state index in [2.05, 4.69) is 4.74 Å². The molecule has 100 valence electrons. The minimum atomic E-state index is -4.41. The molecule has 0 heterocycles. The Morgan fingerprint density at radius 1 is 1.28 bits per heavy atom. The van der Waals surface area contributed by atoms with E-state index >= 15 is 0 Å². The number of ether oxygens (including phenoxy) is 1. The van der Waals surface area contributed by atoms with Gasteiger partial charge in [0, 0.05) is 0 Å². The number of benzene rings is 1. The Bertz CT molecular complexity index is 424. The Morgan fingerprint density at radius 2 is 1.89 bits per heavy atom. The second-order valence-corrected chi connectivity index (χ2v) is 4.37. The lowest BCUT2D eigenvalue weighted by molar-refractivity contribution is -0.144. The fourth-order valence-electron chi connectivity index (χ4n) is 1.83. The second-order valence-electron chi connectivity index (χ2n) is 4.37. The number of carbonyl (C=O) groups is 1. The Morgan fingerprint density at radius 3 is 2.33 bits per heavy atom. The SMILES string of the molecule is COC(=O)C(c1cccc(C(F)(F)F)c1)C(C)C. The molecular weight excluding hydrogens is 245 g/mol. The summed E-state index contributed by atoms with van der Waals surface area (Å²) >= 11 is 0. The Labute approximate surface area is 104 Å². The van der Waals surface area contributed by atoms with Gasteiger partial charge < -0.3 is 4.74 Å². The molecule has 1 aromatic rings. The summed E-state index contributed by atoms with van der Waals surface area (Å²) in [6, 6.07) is 4.80. The topological polar surface area (TPSA) is 26.3 Å². The van der Waals surface area contributed by atoms with E-state index in [1.165, 1.54) is 19.2 Å². The molecule has 2 nitrogen and oxygen atoms in total. The maximum Gasteiger partial charge on any atom is 0.416 e. The molecule has 0 fully saturated rings. The molecule has 1 atom stereocenters. The van der Waals surface area contributed by atoms with Crippen LogP contribution in [0.15, 0.2) is 24.3 Å². The summed E-state index contributed by atoms with van der Waals surface area (Å²) in [5, 5.41) is 0. The smallest absolute Gasteiger partial charge is 0.416 e. The largest absolute Gasteiger partial charge is 0.469 e. The van der Waals surface area contributed by atoms with Crippen LogP contribution in [0.2, 0.25) is 0 Å². The van der Waals surface area contributed by atoms with Crippen molar-refractivity contribution in [3.63, 3.8) is 0 Å². The lowest BCUT2D eigenvalue weighted by atomic mass is 9.87. The van der Waals surface area contributed by atoms with Gasteiger partial charge in [-0.2, -0.15) is 13.2 Å². The third kappa shape index (κ3) is 3.24. The van der Waals surface area contributed by atoms with E-state index in [0.29, 0.717) is 5.56 Å². The van der Waals surface area contributed by atoms with E-state index in [9.17, 15) is 18.0 Å². The van der Waals surface area contributed by atoms with Gasteiger partial charge in [-0.05, 0) is 17.5 Å². The van der Waals surface area contributed by atoms with Gasteiger partial charge in [0.05, 0.1) is 18.6 Å². The molecule has 0 aromatic heterocycles. The minimum absolute atomic E-state index is 0.138. The van der Waals surface area contributed by atoms with Crippen molar-refractivity contribution in [3.05, 3.63) is 35.4 Å². The van der Waals surface area contributed by atoms with Crippen molar-refractivity contribution < 1.29 is 22.7 Å². The van der Waals surface area contributed by atoms with Gasteiger partial charge in [0.2, 0.25) is 0 Å². The average Bonchev–Trinajstić information content (AvgIpc) is 2.27. The van der Waals surface area contributed by atoms with Crippen molar-refractivity contribution in [2.45, 2.75) is 25.9 Å². The maximum atomic E-state index is 12.6. The van der Waals surface area contributed by atoms with Crippen LogP contribution in [-0.4, -0.2) is 13.1 Å². The number of alkyl halides is 3. The molecule has 0 N–H and O–H groups in total. The summed E-state index contributed by atoms with van der Waals surface area (Å²) in [5.41, 5.74) is -0.429. The molecule has 0 amide bonds. The van der Waals surface area contributed by atoms with E-state index < -0.39 is 23.6 Å². The first-order valence-corrected chi connectivity index (χ1v) is 5.52. The first-order valence-electron chi connectivity index (χ1n) is 5.52. The van der Waals surface area contributed by atoms with Crippen LogP contribution in [0.5, 0.6) is 0 Å². The Balaban J connectivity index is 3.18. The van der Waals surface area contributed by atoms with Crippen LogP contribution in [0.1, 0.15) is 30.9 Å². The van der Waals surface area contributed by atoms with Gasteiger partial charge in [0.25, 0.3) is 0 Å². The van der Waals surface area contributed by atoms with Gasteiger partial charge in [0.15, 0.2) is 0 Å². The first kappa shape index (κ1) is 14.5. The van der Waals surface area contributed by atoms with Crippen LogP contribution in [0, 0.1) is 5.92 Å². The molecule has 1 aromatic carbocycles. The summed E-state index contributed by atoms with van der Waals surface area (Å²) in [6.45, 7) is 3.53. The molecule has 0 saturated heterocycles. The number of hydrogen-bond acceptors (Lipinski definition) is 2. The van der Waals surface area contributed by atoms with E-state index in [1.54, 1.807) is 13.8 Å². The number of esters is 1. The van der Waals surface area contributed by atoms with E-state index in [1.807, 2.05) is 0 Å². The summed E-state index contributed by atoms with van der Waals surface area (Å²) < 4.78 is 42.4. The average molecular weight is 260 g/mol. The molecule has 0 bridgehead atoms. The van der Waals surface area contributed by atoms with E-state index in [0.717, 1.165) is 12.1 Å². The highest BCUT2D eigenvalue weighted by atomic mass is 19.4. The summed E-state index contributed by atoms with van der Waals surface area (Å²) in [7, 11) is 1.23. The van der Waals surface area contributed by atoms with Crippen LogP contribution in [-0.2, 0) is 15.7 Å². The van der Waals surface area contributed by atoms with Gasteiger partial charge in [0.1, 0.15) is 0 Å². The third-order valence-corrected chi connectivity index (χ3v) is 2.69. The predicted octanol–water partition coefficient (Wildman–Crippen LogP) is 3.62. The van der Waals surface area contributed by atoms with Gasteiger partial charge in [-0.25, -0.2) is 0 Å². The number of carbonyl (C=O) groups excluding carboxylic acids is 1. The predicted molar refractivity (Wildman–Crippen MR) is 61.0 cm³/mol. The number of methoxy groups -OCH3 is 1. The van der Waals surface area contributed by atoms with Crippen LogP contribution in [0.4, 0.5) is 13.2 Å². The molecule has 0 aliphatic heterocycles. The zero-order chi connectivity index (χ0) is 13.9. The molecular formula is C13H15F3O2. The summed E-state index contributed by atoms with van der Waals surface area (Å²) in [5.74, 6) is -1.34. The lowest BCUT2D eigenvalue weighted by Gasteiger charge is -2.19. The molecule has 0 saturated carbocycles. The van der Waals surface area contributed by atoms with Gasteiger partial charge in [-0.15, -0.1) is 0 Å². The van der Waals surface area contributed by atoms with Crippen LogP contribution in [0.25, 0.3) is 0 Å². The first-order chi connectivity index (χ1) is 8.27. The van der Waals surface area contributed by atoms with Crippen molar-refractivity contribution in [1.82, 2.24) is 0 Å². The lowest BCUT2D eigenvalue weighted by Crippen LogP contribution is -2.20. The van der Waals surface area contributed by atoms with Crippen molar-refractivity contribution in [2.24, 2.45) is 5.92 Å². The normalized spacial score (nSPS) is 13.5. The molecule has 0 aliphatic rings. The molecule has 1 unspecified atom stereocenters.